The first kappa shape index (κ1) is 72.7. The van der Waals surface area contributed by atoms with Gasteiger partial charge in [0.25, 0.3) is 0 Å². The molecule has 4 aliphatic carbocycles. The van der Waals surface area contributed by atoms with Gasteiger partial charge >= 0.3 is 5.97 Å². The molecule has 0 aromatic carbocycles. The summed E-state index contributed by atoms with van der Waals surface area (Å²) in [6.45, 7) is 16.4. The fraction of sp³-hybridized carbons (Fsp3) is 0.924. The number of carbonyl (C=O) groups is 1. The van der Waals surface area contributed by atoms with Crippen LogP contribution in [0.1, 0.15) is 139 Å². The molecule has 34 atom stereocenters. The van der Waals surface area contributed by atoms with Crippen molar-refractivity contribution in [2.45, 2.75) is 317 Å². The Hall–Kier alpha value is -2.01. The van der Waals surface area contributed by atoms with Gasteiger partial charge in [0.05, 0.1) is 73.8 Å². The lowest BCUT2D eigenvalue weighted by molar-refractivity contribution is -0.347. The smallest absolute Gasteiger partial charge is 0.333 e. The van der Waals surface area contributed by atoms with E-state index in [1.165, 1.54) is 5.57 Å². The number of aliphatic hydroxyl groups excluding tert-OH is 7. The van der Waals surface area contributed by atoms with Gasteiger partial charge in [0.15, 0.2) is 43.8 Å². The summed E-state index contributed by atoms with van der Waals surface area (Å²) in [6, 6.07) is 0. The fourth-order valence-electron chi connectivity index (χ4n) is 17.5. The van der Waals surface area contributed by atoms with E-state index in [4.69, 9.17) is 80.5 Å². The van der Waals surface area contributed by atoms with E-state index in [2.05, 4.69) is 19.9 Å². The standard InChI is InChI=1S/C66H108O26/c1-14-30(2)61(74)92-60-35(7)84-50(27-44(60)79-13)91-59-34(6)83-49(26-43(59)78-12)90-58-33(5)82-48(25-42(58)77-11)89-57-32(4)81-47(24-41(57)76-10)86-37-17-20-64(8)36(23-37)15-16-40-39(64)18-21-65(9)38(19-22-66(40,65)75)31(3)85-63-56(73)54(71)52(69)46(88-63)29-80-62-55(72)53(70)51(68)45(28-67)87-62/h14-15,31-35,37-60,62-63,67-73,75H,16-29H2,1-13H3/b30-14+/t31-,32+,33+,34+,35+,37-,38+,39-,40+,41-,42-,43-,44+,45+,46+,47-,48-,49-,50-,51-,52-,53-,54-,55+,56+,57+,58+,59+,60+,62+,63+,64-,65+,66-/m0/s1. The zero-order valence-corrected chi connectivity index (χ0v) is 55.9. The van der Waals surface area contributed by atoms with Crippen molar-refractivity contribution in [3.8, 4) is 0 Å². The molecule has 26 heteroatoms. The SMILES string of the molecule is C/C=C(\C)C(=O)O[C@@H]1[C@@H](C)O[C@@H](O[C@H]2[C@@H](OC)C[C@H](O[C@H]3[C@@H](OC)C[C@H](O[C@H]4[C@@H](OC)C[C@H](O[C@H]5CC[C@@]6(C)C(=CC[C@@H]7[C@@H]6CC[C@]6(C)[C@@H]([C@H](C)O[C@@H]8O[C@H](CO[C@@H]9O[C@H](CO)[C@H](O)[C@H](O)[C@H]9O)[C@H](O)[C@H](O)[C@H]8O)CC[C@]76O)C5)O[C@@H]4C)O[C@@H]3C)O[C@@H]2C)C[C@H]1OC. The predicted molar refractivity (Wildman–Crippen MR) is 321 cm³/mol. The van der Waals surface area contributed by atoms with Crippen molar-refractivity contribution in [3.05, 3.63) is 23.3 Å². The Balaban J connectivity index is 0.691. The first-order valence-corrected chi connectivity index (χ1v) is 33.6. The van der Waals surface area contributed by atoms with E-state index < -0.39 is 190 Å². The number of rotatable bonds is 21. The van der Waals surface area contributed by atoms with Gasteiger partial charge in [-0.25, -0.2) is 4.79 Å². The van der Waals surface area contributed by atoms with Crippen LogP contribution in [0.3, 0.4) is 0 Å². The average molecular weight is 1320 g/mol. The van der Waals surface area contributed by atoms with Crippen LogP contribution in [0.5, 0.6) is 0 Å². The molecule has 528 valence electrons. The summed E-state index contributed by atoms with van der Waals surface area (Å²) in [6.07, 6.45) is -12.4. The van der Waals surface area contributed by atoms with Crippen LogP contribution in [0.15, 0.2) is 23.3 Å². The van der Waals surface area contributed by atoms with Crippen molar-refractivity contribution in [3.63, 3.8) is 0 Å². The van der Waals surface area contributed by atoms with E-state index in [1.807, 2.05) is 34.6 Å². The van der Waals surface area contributed by atoms with E-state index in [0.717, 1.165) is 32.1 Å². The third-order valence-electron chi connectivity index (χ3n) is 23.1. The van der Waals surface area contributed by atoms with Gasteiger partial charge in [-0.3, -0.25) is 0 Å². The van der Waals surface area contributed by atoms with Crippen LogP contribution in [-0.2, 0) is 85.3 Å². The van der Waals surface area contributed by atoms with Crippen LogP contribution in [0, 0.1) is 28.6 Å². The highest BCUT2D eigenvalue weighted by atomic mass is 16.8. The number of esters is 1. The molecule has 0 radical (unpaired) electrons. The largest absolute Gasteiger partial charge is 0.453 e. The van der Waals surface area contributed by atoms with Crippen molar-refractivity contribution in [1.29, 1.82) is 0 Å². The minimum absolute atomic E-state index is 0.00641. The van der Waals surface area contributed by atoms with Gasteiger partial charge in [0.1, 0.15) is 73.2 Å². The summed E-state index contributed by atoms with van der Waals surface area (Å²) in [5, 5.41) is 86.7. The Labute approximate surface area is 540 Å². The predicted octanol–water partition coefficient (Wildman–Crippen LogP) is 2.73. The van der Waals surface area contributed by atoms with Gasteiger partial charge < -0.3 is 121 Å². The Bertz CT molecular complexity index is 2470. The van der Waals surface area contributed by atoms with Crippen LogP contribution in [0.25, 0.3) is 0 Å². The molecule has 0 bridgehead atoms. The van der Waals surface area contributed by atoms with Crippen molar-refractivity contribution in [1.82, 2.24) is 0 Å². The molecule has 0 amide bonds. The monoisotopic (exact) mass is 1320 g/mol. The normalized spacial score (nSPS) is 50.4. The summed E-state index contributed by atoms with van der Waals surface area (Å²) in [7, 11) is 6.54. The van der Waals surface area contributed by atoms with Gasteiger partial charge in [0.2, 0.25) is 0 Å². The highest BCUT2D eigenvalue weighted by molar-refractivity contribution is 5.87. The zero-order chi connectivity index (χ0) is 66.5. The summed E-state index contributed by atoms with van der Waals surface area (Å²) >= 11 is 0. The molecule has 0 aromatic rings. The van der Waals surface area contributed by atoms with Crippen molar-refractivity contribution in [2.75, 3.05) is 41.7 Å². The van der Waals surface area contributed by atoms with E-state index >= 15 is 0 Å². The number of fused-ring (bicyclic) bond motifs is 5. The average Bonchev–Trinajstić information content (AvgIpc) is 1.42. The molecular formula is C66H108O26. The summed E-state index contributed by atoms with van der Waals surface area (Å²) < 4.78 is 106. The summed E-state index contributed by atoms with van der Waals surface area (Å²) in [5.41, 5.74) is 0.133. The maximum absolute atomic E-state index is 13.1. The van der Waals surface area contributed by atoms with Gasteiger partial charge in [-0.2, -0.15) is 0 Å². The van der Waals surface area contributed by atoms with Crippen molar-refractivity contribution < 1.29 is 126 Å². The second-order valence-electron chi connectivity index (χ2n) is 28.3. The molecule has 6 saturated heterocycles. The number of hydrogen-bond donors (Lipinski definition) is 8. The second kappa shape index (κ2) is 30.2. The summed E-state index contributed by atoms with van der Waals surface area (Å²) in [5.74, 6) is -0.346. The van der Waals surface area contributed by atoms with Crippen molar-refractivity contribution in [2.24, 2.45) is 28.6 Å². The van der Waals surface area contributed by atoms with Crippen LogP contribution >= 0.6 is 0 Å². The number of aliphatic hydroxyl groups is 8. The number of carbonyl (C=O) groups excluding carboxylic acids is 1. The van der Waals surface area contributed by atoms with Gasteiger partial charge in [-0.15, -0.1) is 0 Å². The Kier molecular flexibility index (Phi) is 23.9. The Morgan fingerprint density at radius 1 is 0.609 bits per heavy atom. The molecule has 92 heavy (non-hydrogen) atoms. The molecule has 6 aliphatic heterocycles. The molecule has 0 spiro atoms. The van der Waals surface area contributed by atoms with Gasteiger partial charge in [0, 0.05) is 65.1 Å². The molecule has 8 N–H and O–H groups in total. The molecule has 6 heterocycles. The molecule has 10 aliphatic rings. The highest BCUT2D eigenvalue weighted by Gasteiger charge is 2.67. The lowest BCUT2D eigenvalue weighted by atomic mass is 9.45. The number of methoxy groups -OCH3 is 4. The van der Waals surface area contributed by atoms with E-state index in [-0.39, 0.29) is 35.4 Å². The van der Waals surface area contributed by atoms with Gasteiger partial charge in [-0.1, -0.05) is 31.6 Å². The van der Waals surface area contributed by atoms with E-state index in [1.54, 1.807) is 48.4 Å². The third-order valence-corrected chi connectivity index (χ3v) is 23.1. The maximum atomic E-state index is 13.1. The Morgan fingerprint density at radius 2 is 1.09 bits per heavy atom. The lowest BCUT2D eigenvalue weighted by Gasteiger charge is -2.61. The molecular weight excluding hydrogens is 1210 g/mol. The number of hydrogen-bond acceptors (Lipinski definition) is 26. The lowest BCUT2D eigenvalue weighted by Crippen LogP contribution is -2.63. The minimum atomic E-state index is -1.69. The fourth-order valence-corrected chi connectivity index (χ4v) is 17.5. The van der Waals surface area contributed by atoms with Crippen LogP contribution < -0.4 is 0 Å². The van der Waals surface area contributed by atoms with Crippen LogP contribution in [0.4, 0.5) is 0 Å². The topological polar surface area (TPSA) is 336 Å². The molecule has 26 nitrogen and oxygen atoms in total. The first-order valence-electron chi connectivity index (χ1n) is 33.6. The minimum Gasteiger partial charge on any atom is -0.453 e. The van der Waals surface area contributed by atoms with E-state index in [0.29, 0.717) is 50.5 Å². The zero-order valence-electron chi connectivity index (χ0n) is 55.9. The summed E-state index contributed by atoms with van der Waals surface area (Å²) in [4.78, 5) is 12.6. The quantitative estimate of drug-likeness (QED) is 0.0465. The first-order chi connectivity index (χ1) is 43.7. The molecule has 10 rings (SSSR count). The molecule has 0 unspecified atom stereocenters. The highest BCUT2D eigenvalue weighted by Crippen LogP contribution is 2.69. The Morgan fingerprint density at radius 3 is 1.60 bits per heavy atom. The molecule has 0 aromatic heterocycles. The van der Waals surface area contributed by atoms with Crippen LogP contribution in [-0.4, -0.2) is 266 Å². The van der Waals surface area contributed by atoms with Gasteiger partial charge in [-0.05, 0) is 123 Å². The third kappa shape index (κ3) is 14.4. The van der Waals surface area contributed by atoms with Crippen molar-refractivity contribution >= 4 is 5.97 Å². The van der Waals surface area contributed by atoms with E-state index in [9.17, 15) is 45.6 Å². The number of ether oxygens (including phenoxy) is 17. The molecule has 9 fully saturated rings. The molecule has 3 saturated carbocycles. The maximum Gasteiger partial charge on any atom is 0.333 e. The van der Waals surface area contributed by atoms with Crippen LogP contribution in [0.2, 0.25) is 0 Å². The number of allylic oxidation sites excluding steroid dienone is 2. The second-order valence-corrected chi connectivity index (χ2v) is 28.3.